The predicted octanol–water partition coefficient (Wildman–Crippen LogP) is 6.14. The Kier molecular flexibility index (Phi) is 5.78. The first kappa shape index (κ1) is 18.2. The highest BCUT2D eigenvalue weighted by molar-refractivity contribution is 8.22. The molecule has 136 valence electrons. The molecule has 1 saturated carbocycles. The van der Waals surface area contributed by atoms with Crippen molar-refractivity contribution < 1.29 is 0 Å². The van der Waals surface area contributed by atoms with Gasteiger partial charge in [0.25, 0.3) is 0 Å². The van der Waals surface area contributed by atoms with Crippen LogP contribution in [0.1, 0.15) is 42.7 Å². The lowest BCUT2D eigenvalue weighted by Gasteiger charge is -2.49. The fourth-order valence-corrected chi connectivity index (χ4v) is 7.91. The van der Waals surface area contributed by atoms with Gasteiger partial charge < -0.3 is 5.73 Å². The molecule has 0 aromatic heterocycles. The van der Waals surface area contributed by atoms with Gasteiger partial charge in [0.05, 0.1) is 4.08 Å². The molecule has 0 bridgehead atoms. The summed E-state index contributed by atoms with van der Waals surface area (Å²) in [5.74, 6) is 2.23. The third-order valence-electron chi connectivity index (χ3n) is 5.61. The standard InChI is InChI=1S/C23H27NS2/c24-15-16-25-23-14-8-7-13-21(23)20(18-9-3-1-4-10-18)17-22(26-23)19-11-5-2-6-12-19/h1-6,9-12,17,20-21H,7-8,13-16,24H2/t20-,21-,23-/m0/s1. The van der Waals surface area contributed by atoms with Gasteiger partial charge in [0, 0.05) is 23.1 Å². The van der Waals surface area contributed by atoms with Crippen molar-refractivity contribution in [3.8, 4) is 0 Å². The van der Waals surface area contributed by atoms with Gasteiger partial charge >= 0.3 is 0 Å². The maximum atomic E-state index is 5.91. The molecule has 0 spiro atoms. The molecule has 2 N–H and O–H groups in total. The Balaban J connectivity index is 1.79. The summed E-state index contributed by atoms with van der Waals surface area (Å²) >= 11 is 4.25. The van der Waals surface area contributed by atoms with Gasteiger partial charge in [-0.1, -0.05) is 79.6 Å². The van der Waals surface area contributed by atoms with Crippen LogP contribution >= 0.6 is 23.5 Å². The van der Waals surface area contributed by atoms with Crippen LogP contribution in [-0.2, 0) is 0 Å². The smallest absolute Gasteiger partial charge is 0.0695 e. The van der Waals surface area contributed by atoms with Crippen molar-refractivity contribution in [1.29, 1.82) is 0 Å². The zero-order chi connectivity index (χ0) is 17.8. The minimum atomic E-state index is 0.262. The van der Waals surface area contributed by atoms with Gasteiger partial charge in [-0.15, -0.1) is 23.5 Å². The molecule has 26 heavy (non-hydrogen) atoms. The highest BCUT2D eigenvalue weighted by atomic mass is 32.2. The second kappa shape index (κ2) is 8.24. The minimum Gasteiger partial charge on any atom is -0.330 e. The fourth-order valence-electron chi connectivity index (χ4n) is 4.42. The molecule has 2 aromatic carbocycles. The van der Waals surface area contributed by atoms with Crippen LogP contribution in [0.2, 0.25) is 0 Å². The lowest BCUT2D eigenvalue weighted by molar-refractivity contribution is 0.320. The topological polar surface area (TPSA) is 26.0 Å². The number of hydrogen-bond donors (Lipinski definition) is 1. The first-order valence-corrected chi connectivity index (χ1v) is 11.5. The lowest BCUT2D eigenvalue weighted by Crippen LogP contribution is -2.40. The zero-order valence-corrected chi connectivity index (χ0v) is 16.8. The number of rotatable bonds is 5. The Bertz CT molecular complexity index is 743. The molecule has 1 aliphatic heterocycles. The zero-order valence-electron chi connectivity index (χ0n) is 15.1. The van der Waals surface area contributed by atoms with Crippen molar-refractivity contribution in [2.24, 2.45) is 11.7 Å². The van der Waals surface area contributed by atoms with E-state index in [0.29, 0.717) is 11.8 Å². The van der Waals surface area contributed by atoms with Crippen molar-refractivity contribution in [2.45, 2.75) is 35.7 Å². The fraction of sp³-hybridized carbons (Fsp3) is 0.391. The summed E-state index contributed by atoms with van der Waals surface area (Å²) in [5.41, 5.74) is 8.73. The van der Waals surface area contributed by atoms with E-state index in [1.54, 1.807) is 0 Å². The Hall–Kier alpha value is -1.16. The van der Waals surface area contributed by atoms with E-state index in [0.717, 1.165) is 12.3 Å². The number of benzene rings is 2. The molecular weight excluding hydrogens is 354 g/mol. The maximum absolute atomic E-state index is 5.91. The molecule has 1 fully saturated rings. The molecule has 3 atom stereocenters. The SMILES string of the molecule is NCCS[C@]12CCCC[C@H]1[C@H](c1ccccc1)C=C(c1ccccc1)S2. The highest BCUT2D eigenvalue weighted by Crippen LogP contribution is 2.63. The van der Waals surface area contributed by atoms with Crippen molar-refractivity contribution in [3.05, 3.63) is 77.9 Å². The van der Waals surface area contributed by atoms with Crippen LogP contribution in [0.15, 0.2) is 66.7 Å². The Morgan fingerprint density at radius 1 is 1.00 bits per heavy atom. The van der Waals surface area contributed by atoms with Crippen molar-refractivity contribution in [1.82, 2.24) is 0 Å². The molecule has 0 amide bonds. The summed E-state index contributed by atoms with van der Waals surface area (Å²) in [5, 5.41) is 0. The summed E-state index contributed by atoms with van der Waals surface area (Å²) in [6.45, 7) is 0.764. The number of hydrogen-bond acceptors (Lipinski definition) is 3. The number of allylic oxidation sites excluding steroid dienone is 1. The van der Waals surface area contributed by atoms with E-state index in [-0.39, 0.29) is 4.08 Å². The minimum absolute atomic E-state index is 0.262. The normalized spacial score (nSPS) is 28.3. The van der Waals surface area contributed by atoms with Gasteiger partial charge in [-0.05, 0) is 29.9 Å². The lowest BCUT2D eigenvalue weighted by atomic mass is 9.75. The quantitative estimate of drug-likeness (QED) is 0.674. The van der Waals surface area contributed by atoms with Gasteiger partial charge in [-0.3, -0.25) is 0 Å². The van der Waals surface area contributed by atoms with Crippen LogP contribution in [0.3, 0.4) is 0 Å². The second-order valence-corrected chi connectivity index (χ2v) is 10.3. The molecule has 2 aromatic rings. The average Bonchev–Trinajstić information content (AvgIpc) is 2.72. The van der Waals surface area contributed by atoms with E-state index in [1.165, 1.54) is 41.7 Å². The highest BCUT2D eigenvalue weighted by Gasteiger charge is 2.48. The van der Waals surface area contributed by atoms with Crippen LogP contribution in [0.5, 0.6) is 0 Å². The summed E-state index contributed by atoms with van der Waals surface area (Å²) in [6.07, 6.45) is 7.86. The van der Waals surface area contributed by atoms with Gasteiger partial charge in [0.2, 0.25) is 0 Å². The third kappa shape index (κ3) is 3.62. The van der Waals surface area contributed by atoms with Crippen LogP contribution in [0, 0.1) is 5.92 Å². The monoisotopic (exact) mass is 381 g/mol. The molecule has 0 radical (unpaired) electrons. The van der Waals surface area contributed by atoms with E-state index in [2.05, 4.69) is 90.3 Å². The van der Waals surface area contributed by atoms with Crippen molar-refractivity contribution in [2.75, 3.05) is 12.3 Å². The van der Waals surface area contributed by atoms with Crippen molar-refractivity contribution >= 4 is 28.4 Å². The van der Waals surface area contributed by atoms with Gasteiger partial charge in [0.1, 0.15) is 0 Å². The van der Waals surface area contributed by atoms with Gasteiger partial charge in [-0.25, -0.2) is 0 Å². The molecule has 1 nitrogen and oxygen atoms in total. The van der Waals surface area contributed by atoms with E-state index < -0.39 is 0 Å². The summed E-state index contributed by atoms with van der Waals surface area (Å²) in [7, 11) is 0. The summed E-state index contributed by atoms with van der Waals surface area (Å²) in [4.78, 5) is 1.45. The largest absolute Gasteiger partial charge is 0.330 e. The molecule has 3 heteroatoms. The maximum Gasteiger partial charge on any atom is 0.0695 e. The molecule has 0 unspecified atom stereocenters. The first-order valence-electron chi connectivity index (χ1n) is 9.68. The molecule has 2 aliphatic rings. The third-order valence-corrected chi connectivity index (χ3v) is 9.09. The Labute approximate surface area is 165 Å². The van der Waals surface area contributed by atoms with E-state index in [9.17, 15) is 0 Å². The summed E-state index contributed by atoms with van der Waals surface area (Å²) < 4.78 is 0.262. The molecule has 0 saturated heterocycles. The number of nitrogens with two attached hydrogens (primary N) is 1. The molecular formula is C23H27NS2. The van der Waals surface area contributed by atoms with Crippen LogP contribution in [-0.4, -0.2) is 16.4 Å². The van der Waals surface area contributed by atoms with Gasteiger partial charge in [-0.2, -0.15) is 0 Å². The first-order chi connectivity index (χ1) is 12.8. The van der Waals surface area contributed by atoms with E-state index >= 15 is 0 Å². The Morgan fingerprint density at radius 2 is 1.73 bits per heavy atom. The predicted molar refractivity (Wildman–Crippen MR) is 117 cm³/mol. The Morgan fingerprint density at radius 3 is 2.46 bits per heavy atom. The number of fused-ring (bicyclic) bond motifs is 1. The van der Waals surface area contributed by atoms with Gasteiger partial charge in [0.15, 0.2) is 0 Å². The molecule has 1 heterocycles. The average molecular weight is 382 g/mol. The van der Waals surface area contributed by atoms with Crippen LogP contribution in [0.4, 0.5) is 0 Å². The van der Waals surface area contributed by atoms with Crippen LogP contribution in [0.25, 0.3) is 4.91 Å². The van der Waals surface area contributed by atoms with Crippen molar-refractivity contribution in [3.63, 3.8) is 0 Å². The molecule has 4 rings (SSSR count). The van der Waals surface area contributed by atoms with Crippen LogP contribution < -0.4 is 5.73 Å². The molecule has 1 aliphatic carbocycles. The number of thioether (sulfide) groups is 2. The summed E-state index contributed by atoms with van der Waals surface area (Å²) in [6, 6.07) is 22.0. The van der Waals surface area contributed by atoms with E-state index in [1.807, 2.05) is 0 Å². The van der Waals surface area contributed by atoms with E-state index in [4.69, 9.17) is 5.73 Å². The second-order valence-electron chi connectivity index (χ2n) is 7.24.